The van der Waals surface area contributed by atoms with Gasteiger partial charge in [0.05, 0.1) is 15.6 Å². The van der Waals surface area contributed by atoms with Crippen LogP contribution in [-0.2, 0) is 0 Å². The van der Waals surface area contributed by atoms with Crippen LogP contribution in [0.2, 0.25) is 0 Å². The molecule has 0 unspecified atom stereocenters. The molecule has 0 aliphatic carbocycles. The summed E-state index contributed by atoms with van der Waals surface area (Å²) in [5.74, 6) is 1.62. The second kappa shape index (κ2) is 8.78. The van der Waals surface area contributed by atoms with E-state index in [-0.39, 0.29) is 0 Å². The Morgan fingerprint density at radius 1 is 0.941 bits per heavy atom. The van der Waals surface area contributed by atoms with E-state index in [4.69, 9.17) is 16.3 Å². The van der Waals surface area contributed by atoms with Crippen LogP contribution in [0.1, 0.15) is 25.7 Å². The van der Waals surface area contributed by atoms with Gasteiger partial charge < -0.3 is 4.74 Å². The Morgan fingerprint density at radius 2 is 1.53 bits per heavy atom. The van der Waals surface area contributed by atoms with Gasteiger partial charge in [-0.1, -0.05) is 28.8 Å². The summed E-state index contributed by atoms with van der Waals surface area (Å²) in [6.07, 6.45) is 4.49. The lowest BCUT2D eigenvalue weighted by Gasteiger charge is -2.10. The lowest BCUT2D eigenvalue weighted by molar-refractivity contribution is 0.301. The van der Waals surface area contributed by atoms with E-state index in [0.717, 1.165) is 44.5 Å². The van der Waals surface area contributed by atoms with Crippen molar-refractivity contribution in [3.8, 4) is 5.75 Å². The molecule has 1 nitrogen and oxygen atoms in total. The molecule has 1 aromatic rings. The number of rotatable bonds is 7. The van der Waals surface area contributed by atoms with Crippen LogP contribution >= 0.6 is 59.4 Å². The summed E-state index contributed by atoms with van der Waals surface area (Å²) in [7, 11) is 0. The zero-order valence-corrected chi connectivity index (χ0v) is 14.8. The molecule has 17 heavy (non-hydrogen) atoms. The first-order valence-electron chi connectivity index (χ1n) is 5.48. The minimum Gasteiger partial charge on any atom is -0.491 e. The van der Waals surface area contributed by atoms with Gasteiger partial charge in [0.25, 0.3) is 0 Å². The summed E-state index contributed by atoms with van der Waals surface area (Å²) >= 11 is 16.0. The second-order valence-corrected chi connectivity index (χ2v) is 6.65. The predicted molar refractivity (Wildman–Crippen MR) is 84.2 cm³/mol. The molecule has 0 aliphatic heterocycles. The molecule has 0 aliphatic rings. The van der Waals surface area contributed by atoms with E-state index in [9.17, 15) is 0 Å². The van der Waals surface area contributed by atoms with Gasteiger partial charge in [-0.25, -0.2) is 0 Å². The first-order valence-corrected chi connectivity index (χ1v) is 8.40. The smallest absolute Gasteiger partial charge is 0.147 e. The lowest BCUT2D eigenvalue weighted by Crippen LogP contribution is -1.99. The van der Waals surface area contributed by atoms with E-state index in [2.05, 4.69) is 47.8 Å². The van der Waals surface area contributed by atoms with E-state index in [1.165, 1.54) is 12.8 Å². The van der Waals surface area contributed by atoms with Crippen molar-refractivity contribution in [2.24, 2.45) is 0 Å². The van der Waals surface area contributed by atoms with Gasteiger partial charge in [0.1, 0.15) is 5.75 Å². The number of hydrogen-bond donors (Lipinski definition) is 0. The highest BCUT2D eigenvalue weighted by atomic mass is 79.9. The highest BCUT2D eigenvalue weighted by molar-refractivity contribution is 9.11. The van der Waals surface area contributed by atoms with Crippen molar-refractivity contribution in [1.29, 1.82) is 0 Å². The first kappa shape index (κ1) is 15.8. The summed E-state index contributed by atoms with van der Waals surface area (Å²) in [4.78, 5) is 0. The molecule has 0 fully saturated rings. The van der Waals surface area contributed by atoms with Crippen molar-refractivity contribution >= 4 is 59.4 Å². The largest absolute Gasteiger partial charge is 0.491 e. The Balaban J connectivity index is 2.36. The van der Waals surface area contributed by atoms with Crippen molar-refractivity contribution in [1.82, 2.24) is 0 Å². The molecular formula is C12H14Br3ClO. The van der Waals surface area contributed by atoms with Crippen LogP contribution in [-0.4, -0.2) is 12.5 Å². The Kier molecular flexibility index (Phi) is 8.17. The van der Waals surface area contributed by atoms with Crippen LogP contribution in [0, 0.1) is 0 Å². The maximum atomic E-state index is 5.76. The number of alkyl halides is 1. The van der Waals surface area contributed by atoms with Gasteiger partial charge in [-0.05, 0) is 56.8 Å². The second-order valence-electron chi connectivity index (χ2n) is 3.65. The predicted octanol–water partition coefficient (Wildman–Crippen LogP) is 6.15. The molecule has 1 rings (SSSR count). The van der Waals surface area contributed by atoms with Crippen LogP contribution in [0.15, 0.2) is 25.6 Å². The van der Waals surface area contributed by atoms with Crippen LogP contribution in [0.4, 0.5) is 0 Å². The SMILES string of the molecule is ClCCCCCCOc1c(Br)cc(Br)cc1Br. The van der Waals surface area contributed by atoms with Crippen molar-refractivity contribution in [3.05, 3.63) is 25.6 Å². The van der Waals surface area contributed by atoms with E-state index < -0.39 is 0 Å². The Hall–Kier alpha value is 0.750. The quantitative estimate of drug-likeness (QED) is 0.358. The highest BCUT2D eigenvalue weighted by Crippen LogP contribution is 2.36. The van der Waals surface area contributed by atoms with Gasteiger partial charge in [-0.3, -0.25) is 0 Å². The molecule has 0 amide bonds. The van der Waals surface area contributed by atoms with Crippen molar-refractivity contribution in [2.45, 2.75) is 25.7 Å². The van der Waals surface area contributed by atoms with Crippen LogP contribution in [0.25, 0.3) is 0 Å². The minimum atomic E-state index is 0.737. The molecular weight excluding hydrogens is 435 g/mol. The topological polar surface area (TPSA) is 9.23 Å². The van der Waals surface area contributed by atoms with Gasteiger partial charge in [-0.2, -0.15) is 0 Å². The van der Waals surface area contributed by atoms with E-state index in [1.54, 1.807) is 0 Å². The molecule has 1 aromatic carbocycles. The van der Waals surface area contributed by atoms with Crippen molar-refractivity contribution in [3.63, 3.8) is 0 Å². The fourth-order valence-electron chi connectivity index (χ4n) is 1.39. The van der Waals surface area contributed by atoms with Crippen LogP contribution < -0.4 is 4.74 Å². The molecule has 0 bridgehead atoms. The van der Waals surface area contributed by atoms with Gasteiger partial charge in [-0.15, -0.1) is 11.6 Å². The average Bonchev–Trinajstić information content (AvgIpc) is 2.26. The van der Waals surface area contributed by atoms with Crippen molar-refractivity contribution < 1.29 is 4.74 Å². The number of hydrogen-bond acceptors (Lipinski definition) is 1. The molecule has 5 heteroatoms. The highest BCUT2D eigenvalue weighted by Gasteiger charge is 2.07. The fraction of sp³-hybridized carbons (Fsp3) is 0.500. The van der Waals surface area contributed by atoms with E-state index in [1.807, 2.05) is 12.1 Å². The zero-order valence-electron chi connectivity index (χ0n) is 9.32. The molecule has 0 atom stereocenters. The van der Waals surface area contributed by atoms with Crippen molar-refractivity contribution in [2.75, 3.05) is 12.5 Å². The molecule has 0 N–H and O–H groups in total. The molecule has 0 saturated carbocycles. The fourth-order valence-corrected chi connectivity index (χ4v) is 4.07. The summed E-state index contributed by atoms with van der Waals surface area (Å²) in [6, 6.07) is 3.96. The maximum absolute atomic E-state index is 5.76. The Bertz CT molecular complexity index is 335. The molecule has 0 heterocycles. The maximum Gasteiger partial charge on any atom is 0.147 e. The van der Waals surface area contributed by atoms with Crippen LogP contribution in [0.3, 0.4) is 0 Å². The Morgan fingerprint density at radius 3 is 2.12 bits per heavy atom. The van der Waals surface area contributed by atoms with Gasteiger partial charge in [0.2, 0.25) is 0 Å². The van der Waals surface area contributed by atoms with Gasteiger partial charge in [0, 0.05) is 10.4 Å². The summed E-state index contributed by atoms with van der Waals surface area (Å²) in [5, 5.41) is 0. The summed E-state index contributed by atoms with van der Waals surface area (Å²) in [6.45, 7) is 0.737. The molecule has 96 valence electrons. The average molecular weight is 449 g/mol. The molecule has 0 radical (unpaired) electrons. The third-order valence-corrected chi connectivity index (χ3v) is 4.14. The lowest BCUT2D eigenvalue weighted by atomic mass is 10.2. The third-order valence-electron chi connectivity index (χ3n) is 2.24. The number of halogens is 4. The minimum absolute atomic E-state index is 0.737. The zero-order chi connectivity index (χ0) is 12.7. The monoisotopic (exact) mass is 446 g/mol. The van der Waals surface area contributed by atoms with Gasteiger partial charge in [0.15, 0.2) is 0 Å². The number of ether oxygens (including phenoxy) is 1. The number of unbranched alkanes of at least 4 members (excludes halogenated alkanes) is 3. The van der Waals surface area contributed by atoms with Gasteiger partial charge >= 0.3 is 0 Å². The first-order chi connectivity index (χ1) is 8.15. The Labute approximate surface area is 133 Å². The van der Waals surface area contributed by atoms with Crippen LogP contribution in [0.5, 0.6) is 5.75 Å². The summed E-state index contributed by atoms with van der Waals surface area (Å²) < 4.78 is 8.69. The molecule has 0 saturated heterocycles. The third kappa shape index (κ3) is 5.95. The normalized spacial score (nSPS) is 10.6. The summed E-state index contributed by atoms with van der Waals surface area (Å²) in [5.41, 5.74) is 0. The molecule has 0 spiro atoms. The van der Waals surface area contributed by atoms with E-state index >= 15 is 0 Å². The van der Waals surface area contributed by atoms with E-state index in [0.29, 0.717) is 0 Å². The number of benzene rings is 1. The standard InChI is InChI=1S/C12H14Br3ClO/c13-9-7-10(14)12(11(15)8-9)17-6-4-2-1-3-5-16/h7-8H,1-6H2. The molecule has 0 aromatic heterocycles.